The summed E-state index contributed by atoms with van der Waals surface area (Å²) in [7, 11) is 0. The van der Waals surface area contributed by atoms with Crippen LogP contribution in [-0.2, 0) is 4.79 Å². The second kappa shape index (κ2) is 8.83. The predicted octanol–water partition coefficient (Wildman–Crippen LogP) is 4.19. The summed E-state index contributed by atoms with van der Waals surface area (Å²) in [5, 5.41) is 11.5. The van der Waals surface area contributed by atoms with Crippen LogP contribution in [0.1, 0.15) is 31.8 Å². The molecule has 0 spiro atoms. The lowest BCUT2D eigenvalue weighted by atomic mass is 10.1. The molecule has 2 heterocycles. The highest BCUT2D eigenvalue weighted by Crippen LogP contribution is 2.33. The molecule has 0 N–H and O–H groups in total. The van der Waals surface area contributed by atoms with Crippen molar-refractivity contribution in [3.8, 4) is 17.1 Å². The molecule has 3 aromatic carbocycles. The van der Waals surface area contributed by atoms with E-state index >= 15 is 0 Å². The van der Waals surface area contributed by atoms with Crippen LogP contribution >= 0.6 is 0 Å². The Morgan fingerprint density at radius 2 is 1.68 bits per heavy atom. The number of aryl methyl sites for hydroxylation is 2. The lowest BCUT2D eigenvalue weighted by Crippen LogP contribution is -2.37. The van der Waals surface area contributed by atoms with Crippen LogP contribution in [0.3, 0.4) is 0 Å². The molecule has 1 aliphatic heterocycles. The molecule has 37 heavy (non-hydrogen) atoms. The topological polar surface area (TPSA) is 137 Å². The average Bonchev–Trinajstić information content (AvgIpc) is 3.11. The fourth-order valence-electron chi connectivity index (χ4n) is 4.17. The molecule has 0 aliphatic carbocycles. The Morgan fingerprint density at radius 1 is 0.973 bits per heavy atom. The summed E-state index contributed by atoms with van der Waals surface area (Å²) in [6, 6.07) is 15.7. The van der Waals surface area contributed by atoms with E-state index in [1.54, 1.807) is 49.4 Å². The van der Waals surface area contributed by atoms with Crippen LogP contribution in [0, 0.1) is 24.0 Å². The van der Waals surface area contributed by atoms with Crippen molar-refractivity contribution in [1.29, 1.82) is 0 Å². The molecule has 10 nitrogen and oxygen atoms in total. The molecular weight excluding hydrogens is 480 g/mol. The molecule has 0 radical (unpaired) electrons. The number of carbonyl (C=O) groups is 3. The van der Waals surface area contributed by atoms with E-state index in [0.717, 1.165) is 17.2 Å². The summed E-state index contributed by atoms with van der Waals surface area (Å²) in [6.45, 7) is 2.82. The van der Waals surface area contributed by atoms with Gasteiger partial charge in [0, 0.05) is 11.6 Å². The SMILES string of the molecule is Cc1ccc(-c2oc3ccc(C)cc3c(=O)c2OC(=O)CN2C(=O)c3cccc([N+](=O)[O-])c3C2=O)cc1. The Kier molecular flexibility index (Phi) is 5.63. The minimum atomic E-state index is -1.09. The van der Waals surface area contributed by atoms with Gasteiger partial charge in [-0.25, -0.2) is 4.79 Å². The Morgan fingerprint density at radius 3 is 2.38 bits per heavy atom. The number of hydrogen-bond acceptors (Lipinski definition) is 8. The van der Waals surface area contributed by atoms with Gasteiger partial charge < -0.3 is 9.15 Å². The highest BCUT2D eigenvalue weighted by Gasteiger charge is 2.42. The Hall–Kier alpha value is -5.12. The van der Waals surface area contributed by atoms with E-state index in [1.807, 2.05) is 6.92 Å². The van der Waals surface area contributed by atoms with E-state index in [-0.39, 0.29) is 16.7 Å². The number of benzene rings is 3. The molecule has 0 saturated carbocycles. The lowest BCUT2D eigenvalue weighted by molar-refractivity contribution is -0.385. The lowest BCUT2D eigenvalue weighted by Gasteiger charge is -2.14. The van der Waals surface area contributed by atoms with Crippen molar-refractivity contribution in [1.82, 2.24) is 4.90 Å². The zero-order chi connectivity index (χ0) is 26.4. The number of carbonyl (C=O) groups excluding carboxylic acids is 3. The summed E-state index contributed by atoms with van der Waals surface area (Å²) in [6.07, 6.45) is 0. The van der Waals surface area contributed by atoms with Gasteiger partial charge in [-0.3, -0.25) is 29.4 Å². The standard InChI is InChI=1S/C27H18N2O8/c1-14-6-9-16(10-7-14)24-25(23(31)18-12-15(2)8-11-20(18)36-24)37-21(30)13-28-26(32)17-4-3-5-19(29(34)35)22(17)27(28)33/h3-12H,13H2,1-2H3. The number of fused-ring (bicyclic) bond motifs is 2. The molecule has 184 valence electrons. The van der Waals surface area contributed by atoms with Gasteiger partial charge in [-0.15, -0.1) is 0 Å². The monoisotopic (exact) mass is 498 g/mol. The number of imide groups is 1. The Bertz CT molecular complexity index is 1700. The van der Waals surface area contributed by atoms with Crippen LogP contribution in [0.5, 0.6) is 5.75 Å². The Balaban J connectivity index is 1.52. The van der Waals surface area contributed by atoms with Crippen LogP contribution in [0.15, 0.2) is 69.9 Å². The van der Waals surface area contributed by atoms with E-state index in [0.29, 0.717) is 16.0 Å². The van der Waals surface area contributed by atoms with Crippen molar-refractivity contribution in [2.75, 3.05) is 6.54 Å². The number of rotatable bonds is 5. The van der Waals surface area contributed by atoms with Crippen LogP contribution < -0.4 is 10.2 Å². The van der Waals surface area contributed by atoms with Crippen molar-refractivity contribution in [2.24, 2.45) is 0 Å². The highest BCUT2D eigenvalue weighted by atomic mass is 16.6. The summed E-state index contributed by atoms with van der Waals surface area (Å²) < 4.78 is 11.4. The maximum Gasteiger partial charge on any atom is 0.331 e. The summed E-state index contributed by atoms with van der Waals surface area (Å²) >= 11 is 0. The fourth-order valence-corrected chi connectivity index (χ4v) is 4.17. The van der Waals surface area contributed by atoms with Gasteiger partial charge in [-0.1, -0.05) is 47.5 Å². The van der Waals surface area contributed by atoms with Gasteiger partial charge in [0.05, 0.1) is 15.9 Å². The number of ether oxygens (including phenoxy) is 1. The minimum absolute atomic E-state index is 0.00713. The van der Waals surface area contributed by atoms with Gasteiger partial charge in [-0.05, 0) is 32.0 Å². The first kappa shape index (κ1) is 23.6. The maximum atomic E-state index is 13.4. The van der Waals surface area contributed by atoms with Crippen molar-refractivity contribution in [3.05, 3.63) is 103 Å². The highest BCUT2D eigenvalue weighted by molar-refractivity contribution is 6.24. The first-order chi connectivity index (χ1) is 17.7. The molecular formula is C27H18N2O8. The van der Waals surface area contributed by atoms with E-state index < -0.39 is 51.7 Å². The normalized spacial score (nSPS) is 12.6. The molecule has 4 aromatic rings. The molecule has 0 saturated heterocycles. The molecule has 0 bridgehead atoms. The van der Waals surface area contributed by atoms with E-state index in [1.165, 1.54) is 12.1 Å². The molecule has 2 amide bonds. The quantitative estimate of drug-likeness (QED) is 0.173. The molecule has 10 heteroatoms. The van der Waals surface area contributed by atoms with Crippen LogP contribution in [0.2, 0.25) is 0 Å². The summed E-state index contributed by atoms with van der Waals surface area (Å²) in [5.74, 6) is -3.35. The van der Waals surface area contributed by atoms with Gasteiger partial charge in [0.1, 0.15) is 17.7 Å². The number of hydrogen-bond donors (Lipinski definition) is 0. The number of amides is 2. The second-order valence-electron chi connectivity index (χ2n) is 8.58. The second-order valence-corrected chi connectivity index (χ2v) is 8.58. The van der Waals surface area contributed by atoms with Gasteiger partial charge in [0.15, 0.2) is 5.76 Å². The van der Waals surface area contributed by atoms with Gasteiger partial charge in [0.2, 0.25) is 11.2 Å². The maximum absolute atomic E-state index is 13.4. The molecule has 0 fully saturated rings. The zero-order valence-electron chi connectivity index (χ0n) is 19.6. The van der Waals surface area contributed by atoms with Crippen LogP contribution in [0.25, 0.3) is 22.3 Å². The minimum Gasteiger partial charge on any atom is -0.452 e. The molecule has 1 aromatic heterocycles. The third-order valence-corrected chi connectivity index (χ3v) is 5.99. The summed E-state index contributed by atoms with van der Waals surface area (Å²) in [4.78, 5) is 63.0. The van der Waals surface area contributed by atoms with Crippen molar-refractivity contribution < 1.29 is 28.5 Å². The molecule has 5 rings (SSSR count). The average molecular weight is 498 g/mol. The van der Waals surface area contributed by atoms with Gasteiger partial charge in [-0.2, -0.15) is 0 Å². The van der Waals surface area contributed by atoms with Crippen molar-refractivity contribution in [3.63, 3.8) is 0 Å². The first-order valence-electron chi connectivity index (χ1n) is 11.1. The first-order valence-corrected chi connectivity index (χ1v) is 11.1. The number of nitro groups is 1. The zero-order valence-corrected chi connectivity index (χ0v) is 19.6. The number of esters is 1. The van der Waals surface area contributed by atoms with E-state index in [9.17, 15) is 29.3 Å². The van der Waals surface area contributed by atoms with Gasteiger partial charge >= 0.3 is 5.97 Å². The summed E-state index contributed by atoms with van der Waals surface area (Å²) in [5.41, 5.74) is 0.779. The fraction of sp³-hybridized carbons (Fsp3) is 0.111. The molecule has 0 atom stereocenters. The van der Waals surface area contributed by atoms with E-state index in [4.69, 9.17) is 9.15 Å². The smallest absolute Gasteiger partial charge is 0.331 e. The molecule has 1 aliphatic rings. The van der Waals surface area contributed by atoms with Crippen molar-refractivity contribution in [2.45, 2.75) is 13.8 Å². The van der Waals surface area contributed by atoms with Crippen molar-refractivity contribution >= 4 is 34.4 Å². The number of nitrogens with zero attached hydrogens (tertiary/aromatic N) is 2. The molecule has 0 unspecified atom stereocenters. The van der Waals surface area contributed by atoms with Crippen LogP contribution in [0.4, 0.5) is 5.69 Å². The third kappa shape index (κ3) is 4.04. The third-order valence-electron chi connectivity index (χ3n) is 5.99. The number of nitro benzene ring substituents is 1. The predicted molar refractivity (Wildman–Crippen MR) is 131 cm³/mol. The Labute approximate surface area is 208 Å². The van der Waals surface area contributed by atoms with Gasteiger partial charge in [0.25, 0.3) is 17.5 Å². The largest absolute Gasteiger partial charge is 0.452 e. The van der Waals surface area contributed by atoms with Crippen LogP contribution in [-0.4, -0.2) is 34.2 Å². The van der Waals surface area contributed by atoms with E-state index in [2.05, 4.69) is 0 Å².